The molecule has 0 bridgehead atoms. The number of aryl methyl sites for hydroxylation is 1. The van der Waals surface area contributed by atoms with E-state index in [-0.39, 0.29) is 11.9 Å². The molecule has 0 saturated heterocycles. The first-order valence-corrected chi connectivity index (χ1v) is 7.39. The summed E-state index contributed by atoms with van der Waals surface area (Å²) < 4.78 is 3.38. The molecule has 0 aromatic carbocycles. The third kappa shape index (κ3) is 3.10. The predicted octanol–water partition coefficient (Wildman–Crippen LogP) is 3.22. The van der Waals surface area contributed by atoms with E-state index >= 15 is 0 Å². The zero-order valence-corrected chi connectivity index (χ0v) is 13.4. The summed E-state index contributed by atoms with van der Waals surface area (Å²) in [5, 5.41) is 11.6. The van der Waals surface area contributed by atoms with Gasteiger partial charge in [-0.05, 0) is 19.8 Å². The summed E-state index contributed by atoms with van der Waals surface area (Å²) >= 11 is 6.04. The van der Waals surface area contributed by atoms with Crippen molar-refractivity contribution in [1.29, 1.82) is 0 Å². The van der Waals surface area contributed by atoms with E-state index in [4.69, 9.17) is 11.6 Å². The zero-order chi connectivity index (χ0) is 15.6. The van der Waals surface area contributed by atoms with Gasteiger partial charge in [0.15, 0.2) is 0 Å². The first-order chi connectivity index (χ1) is 9.95. The summed E-state index contributed by atoms with van der Waals surface area (Å²) in [5.41, 5.74) is 0.365. The third-order valence-electron chi connectivity index (χ3n) is 3.57. The van der Waals surface area contributed by atoms with E-state index < -0.39 is 0 Å². The Kier molecular flexibility index (Phi) is 4.67. The lowest BCUT2D eigenvalue weighted by Crippen LogP contribution is -2.22. The molecule has 1 atom stereocenters. The maximum absolute atomic E-state index is 12.4. The number of nitrogens with one attached hydrogen (secondary N) is 1. The molecule has 2 aromatic heterocycles. The molecule has 1 amide bonds. The van der Waals surface area contributed by atoms with Crippen molar-refractivity contribution in [2.24, 2.45) is 5.92 Å². The molecule has 0 aliphatic carbocycles. The molecule has 0 aliphatic rings. The number of halogens is 1. The Hall–Kier alpha value is -1.82. The Balaban J connectivity index is 2.25. The fraction of sp³-hybridized carbons (Fsp3) is 0.500. The Labute approximate surface area is 129 Å². The minimum atomic E-state index is -0.281. The SMILES string of the molecule is CCn1ncc(Cl)c1C(=O)Nc1ccnn1[C@H](C)C(C)C. The van der Waals surface area contributed by atoms with Crippen molar-refractivity contribution in [1.82, 2.24) is 19.6 Å². The largest absolute Gasteiger partial charge is 0.305 e. The summed E-state index contributed by atoms with van der Waals surface area (Å²) in [6.07, 6.45) is 3.15. The minimum absolute atomic E-state index is 0.182. The van der Waals surface area contributed by atoms with Crippen LogP contribution in [0.2, 0.25) is 5.02 Å². The molecule has 0 aliphatic heterocycles. The van der Waals surface area contributed by atoms with Crippen LogP contribution in [0.5, 0.6) is 0 Å². The lowest BCUT2D eigenvalue weighted by molar-refractivity contribution is 0.101. The molecule has 0 saturated carbocycles. The van der Waals surface area contributed by atoms with Gasteiger partial charge in [-0.1, -0.05) is 25.4 Å². The summed E-state index contributed by atoms with van der Waals surface area (Å²) in [6, 6.07) is 1.96. The second kappa shape index (κ2) is 6.30. The van der Waals surface area contributed by atoms with Crippen LogP contribution >= 0.6 is 11.6 Å². The molecule has 7 heteroatoms. The van der Waals surface area contributed by atoms with E-state index in [0.717, 1.165) is 0 Å². The number of carbonyl (C=O) groups excluding carboxylic acids is 1. The fourth-order valence-corrected chi connectivity index (χ4v) is 2.25. The highest BCUT2D eigenvalue weighted by Crippen LogP contribution is 2.22. The predicted molar refractivity (Wildman–Crippen MR) is 82.6 cm³/mol. The summed E-state index contributed by atoms with van der Waals surface area (Å²) in [4.78, 5) is 12.4. The number of amides is 1. The maximum Gasteiger partial charge on any atom is 0.276 e. The van der Waals surface area contributed by atoms with Crippen LogP contribution in [-0.2, 0) is 6.54 Å². The summed E-state index contributed by atoms with van der Waals surface area (Å²) in [7, 11) is 0. The average molecular weight is 310 g/mol. The van der Waals surface area contributed by atoms with Gasteiger partial charge in [-0.25, -0.2) is 4.68 Å². The quantitative estimate of drug-likeness (QED) is 0.922. The van der Waals surface area contributed by atoms with Crippen molar-refractivity contribution in [2.45, 2.75) is 40.3 Å². The number of anilines is 1. The molecule has 0 unspecified atom stereocenters. The molecule has 2 heterocycles. The normalized spacial score (nSPS) is 12.7. The topological polar surface area (TPSA) is 64.7 Å². The Bertz CT molecular complexity index is 631. The smallest absolute Gasteiger partial charge is 0.276 e. The average Bonchev–Trinajstić information content (AvgIpc) is 3.03. The first kappa shape index (κ1) is 15.6. The fourth-order valence-electron chi connectivity index (χ4n) is 2.02. The zero-order valence-electron chi connectivity index (χ0n) is 12.7. The van der Waals surface area contributed by atoms with Crippen molar-refractivity contribution in [3.63, 3.8) is 0 Å². The molecule has 21 heavy (non-hydrogen) atoms. The van der Waals surface area contributed by atoms with Crippen molar-refractivity contribution >= 4 is 23.3 Å². The second-order valence-electron chi connectivity index (χ2n) is 5.26. The van der Waals surface area contributed by atoms with Crippen molar-refractivity contribution in [3.05, 3.63) is 29.2 Å². The highest BCUT2D eigenvalue weighted by molar-refractivity contribution is 6.34. The summed E-state index contributed by atoms with van der Waals surface area (Å²) in [6.45, 7) is 8.78. The molecule has 0 fully saturated rings. The van der Waals surface area contributed by atoms with Gasteiger partial charge in [0.1, 0.15) is 11.5 Å². The van der Waals surface area contributed by atoms with Crippen LogP contribution in [0.4, 0.5) is 5.82 Å². The van der Waals surface area contributed by atoms with Gasteiger partial charge < -0.3 is 5.32 Å². The molecular weight excluding hydrogens is 290 g/mol. The molecule has 1 N–H and O–H groups in total. The van der Waals surface area contributed by atoms with Crippen LogP contribution in [-0.4, -0.2) is 25.5 Å². The number of rotatable bonds is 5. The van der Waals surface area contributed by atoms with Crippen LogP contribution in [0.15, 0.2) is 18.5 Å². The van der Waals surface area contributed by atoms with Gasteiger partial charge in [0.05, 0.1) is 23.5 Å². The molecule has 2 rings (SSSR count). The van der Waals surface area contributed by atoms with Crippen molar-refractivity contribution in [2.75, 3.05) is 5.32 Å². The summed E-state index contributed by atoms with van der Waals surface area (Å²) in [5.74, 6) is 0.781. The third-order valence-corrected chi connectivity index (χ3v) is 3.85. The van der Waals surface area contributed by atoms with Gasteiger partial charge in [0.2, 0.25) is 0 Å². The number of nitrogens with zero attached hydrogens (tertiary/aromatic N) is 4. The lowest BCUT2D eigenvalue weighted by atomic mass is 10.1. The van der Waals surface area contributed by atoms with E-state index in [9.17, 15) is 4.79 Å². The molecular formula is C14H20ClN5O. The van der Waals surface area contributed by atoms with E-state index in [1.165, 1.54) is 6.20 Å². The van der Waals surface area contributed by atoms with Crippen molar-refractivity contribution in [3.8, 4) is 0 Å². The van der Waals surface area contributed by atoms with Gasteiger partial charge >= 0.3 is 0 Å². The monoisotopic (exact) mass is 309 g/mol. The van der Waals surface area contributed by atoms with E-state index in [1.54, 1.807) is 16.9 Å². The van der Waals surface area contributed by atoms with Crippen LogP contribution in [0.25, 0.3) is 0 Å². The Morgan fingerprint density at radius 2 is 2.10 bits per heavy atom. The van der Waals surface area contributed by atoms with Gasteiger partial charge in [-0.3, -0.25) is 9.48 Å². The number of hydrogen-bond donors (Lipinski definition) is 1. The van der Waals surface area contributed by atoms with E-state index in [2.05, 4.69) is 36.3 Å². The van der Waals surface area contributed by atoms with Gasteiger partial charge in [0, 0.05) is 12.6 Å². The van der Waals surface area contributed by atoms with Gasteiger partial charge in [-0.2, -0.15) is 10.2 Å². The molecule has 0 spiro atoms. The maximum atomic E-state index is 12.4. The second-order valence-corrected chi connectivity index (χ2v) is 5.66. The highest BCUT2D eigenvalue weighted by atomic mass is 35.5. The van der Waals surface area contributed by atoms with Gasteiger partial charge in [0.25, 0.3) is 5.91 Å². The van der Waals surface area contributed by atoms with Crippen molar-refractivity contribution < 1.29 is 4.79 Å². The Morgan fingerprint density at radius 3 is 2.71 bits per heavy atom. The van der Waals surface area contributed by atoms with Gasteiger partial charge in [-0.15, -0.1) is 0 Å². The number of carbonyl (C=O) groups is 1. The Morgan fingerprint density at radius 1 is 1.38 bits per heavy atom. The lowest BCUT2D eigenvalue weighted by Gasteiger charge is -2.19. The molecule has 114 valence electrons. The highest BCUT2D eigenvalue weighted by Gasteiger charge is 2.20. The molecule has 2 aromatic rings. The van der Waals surface area contributed by atoms with Crippen LogP contribution in [0, 0.1) is 5.92 Å². The standard InChI is InChI=1S/C14H20ClN5O/c1-5-19-13(11(15)8-17-19)14(21)18-12-6-7-16-20(12)10(4)9(2)3/h6-10H,5H2,1-4H3,(H,18,21)/t10-/m1/s1. The number of hydrogen-bond acceptors (Lipinski definition) is 3. The van der Waals surface area contributed by atoms with E-state index in [0.29, 0.717) is 29.0 Å². The first-order valence-electron chi connectivity index (χ1n) is 7.01. The minimum Gasteiger partial charge on any atom is -0.305 e. The molecule has 0 radical (unpaired) electrons. The number of aromatic nitrogens is 4. The van der Waals surface area contributed by atoms with E-state index in [1.807, 2.05) is 11.6 Å². The van der Waals surface area contributed by atoms with Crippen LogP contribution < -0.4 is 5.32 Å². The van der Waals surface area contributed by atoms with Crippen LogP contribution in [0.3, 0.4) is 0 Å². The van der Waals surface area contributed by atoms with Crippen LogP contribution in [0.1, 0.15) is 44.2 Å². The molecule has 6 nitrogen and oxygen atoms in total.